The second-order valence-corrected chi connectivity index (χ2v) is 3.80. The Balaban J connectivity index is 3.14. The average molecular weight is 221 g/mol. The van der Waals surface area contributed by atoms with Crippen LogP contribution in [0.5, 0.6) is 0 Å². The van der Waals surface area contributed by atoms with E-state index in [0.29, 0.717) is 0 Å². The molecule has 6 heteroatoms. The van der Waals surface area contributed by atoms with Crippen LogP contribution in [-0.2, 0) is 4.46 Å². The minimum atomic E-state index is -2.16. The summed E-state index contributed by atoms with van der Waals surface area (Å²) in [4.78, 5) is 13.4. The van der Waals surface area contributed by atoms with Crippen molar-refractivity contribution in [2.24, 2.45) is 0 Å². The number of hydrogen-bond acceptors (Lipinski definition) is 3. The first-order chi connectivity index (χ1) is 5.94. The molecule has 1 rings (SSSR count). The molecule has 70 valence electrons. The average Bonchev–Trinajstić information content (AvgIpc) is 2.04. The lowest BCUT2D eigenvalue weighted by molar-refractivity contribution is -0.523. The lowest BCUT2D eigenvalue weighted by Gasteiger charge is -2.09. The molecule has 1 aromatic heterocycles. The van der Waals surface area contributed by atoms with Crippen LogP contribution in [-0.4, -0.2) is 9.91 Å². The fraction of sp³-hybridized carbons (Fsp3) is 0.286. The zero-order valence-electron chi connectivity index (χ0n) is 6.70. The highest BCUT2D eigenvalue weighted by Gasteiger charge is 2.41. The third-order valence-corrected chi connectivity index (χ3v) is 2.12. The molecule has 0 aliphatic rings. The van der Waals surface area contributed by atoms with Crippen molar-refractivity contribution in [2.45, 2.75) is 11.4 Å². The number of nitrogens with zero attached hydrogens (tertiary/aromatic N) is 2. The van der Waals surface area contributed by atoms with Crippen LogP contribution in [0, 0.1) is 17.0 Å². The number of pyridine rings is 1. The number of hydrogen-bond donors (Lipinski definition) is 0. The monoisotopic (exact) mass is 220 g/mol. The van der Waals surface area contributed by atoms with E-state index in [9.17, 15) is 10.1 Å². The molecule has 4 nitrogen and oxygen atoms in total. The first kappa shape index (κ1) is 10.2. The van der Waals surface area contributed by atoms with Crippen molar-refractivity contribution in [1.82, 2.24) is 4.98 Å². The Morgan fingerprint density at radius 2 is 2.23 bits per heavy atom. The zero-order chi connectivity index (χ0) is 10.1. The van der Waals surface area contributed by atoms with Crippen molar-refractivity contribution in [3.8, 4) is 0 Å². The zero-order valence-corrected chi connectivity index (χ0v) is 8.21. The molecular formula is C7H6Cl2N2O2. The van der Waals surface area contributed by atoms with E-state index in [1.54, 1.807) is 13.0 Å². The third kappa shape index (κ3) is 2.08. The molecule has 0 aromatic carbocycles. The SMILES string of the molecule is Cc1ccnc(C(Cl)(Cl)[N+](=O)[O-])c1. The Morgan fingerprint density at radius 3 is 2.69 bits per heavy atom. The summed E-state index contributed by atoms with van der Waals surface area (Å²) in [7, 11) is 0. The molecule has 13 heavy (non-hydrogen) atoms. The van der Waals surface area contributed by atoms with Gasteiger partial charge in [0, 0.05) is 6.20 Å². The van der Waals surface area contributed by atoms with Gasteiger partial charge in [-0.15, -0.1) is 0 Å². The molecule has 0 bridgehead atoms. The first-order valence-electron chi connectivity index (χ1n) is 3.40. The predicted molar refractivity (Wildman–Crippen MR) is 49.4 cm³/mol. The van der Waals surface area contributed by atoms with Crippen LogP contribution in [0.1, 0.15) is 11.3 Å². The summed E-state index contributed by atoms with van der Waals surface area (Å²) >= 11 is 10.9. The van der Waals surface area contributed by atoms with Crippen molar-refractivity contribution in [1.29, 1.82) is 0 Å². The maximum Gasteiger partial charge on any atom is 0.413 e. The highest BCUT2D eigenvalue weighted by molar-refractivity contribution is 6.46. The van der Waals surface area contributed by atoms with Crippen LogP contribution in [0.25, 0.3) is 0 Å². The molecule has 0 N–H and O–H groups in total. The van der Waals surface area contributed by atoms with Gasteiger partial charge in [0.15, 0.2) is 5.69 Å². The summed E-state index contributed by atoms with van der Waals surface area (Å²) in [5.41, 5.74) is 0.846. The van der Waals surface area contributed by atoms with Gasteiger partial charge in [0.25, 0.3) is 0 Å². The number of halogens is 2. The van der Waals surface area contributed by atoms with E-state index < -0.39 is 9.38 Å². The highest BCUT2D eigenvalue weighted by Crippen LogP contribution is 2.32. The van der Waals surface area contributed by atoms with Crippen LogP contribution in [0.3, 0.4) is 0 Å². The van der Waals surface area contributed by atoms with Crippen LogP contribution in [0.15, 0.2) is 18.3 Å². The Hall–Kier alpha value is -0.870. The van der Waals surface area contributed by atoms with Gasteiger partial charge in [0.05, 0.1) is 4.92 Å². The smallest absolute Gasteiger partial charge is 0.261 e. The minimum absolute atomic E-state index is 0.0285. The maximum atomic E-state index is 10.4. The summed E-state index contributed by atoms with van der Waals surface area (Å²) in [6.45, 7) is 1.77. The van der Waals surface area contributed by atoms with Gasteiger partial charge < -0.3 is 0 Å². The van der Waals surface area contributed by atoms with Gasteiger partial charge in [-0.2, -0.15) is 0 Å². The normalized spacial score (nSPS) is 11.3. The standard InChI is InChI=1S/C7H6Cl2N2O2/c1-5-2-3-10-6(4-5)7(8,9)11(12)13/h2-4H,1H3. The van der Waals surface area contributed by atoms with Gasteiger partial charge in [-0.3, -0.25) is 15.1 Å². The summed E-state index contributed by atoms with van der Waals surface area (Å²) in [5, 5.41) is 10.4. The molecule has 0 atom stereocenters. The Morgan fingerprint density at radius 1 is 1.62 bits per heavy atom. The van der Waals surface area contributed by atoms with Crippen LogP contribution < -0.4 is 0 Å². The fourth-order valence-corrected chi connectivity index (χ4v) is 1.00. The van der Waals surface area contributed by atoms with E-state index >= 15 is 0 Å². The van der Waals surface area contributed by atoms with E-state index in [4.69, 9.17) is 23.2 Å². The summed E-state index contributed by atoms with van der Waals surface area (Å²) < 4.78 is -2.16. The molecule has 0 saturated heterocycles. The van der Waals surface area contributed by atoms with Crippen molar-refractivity contribution >= 4 is 23.2 Å². The minimum Gasteiger partial charge on any atom is -0.261 e. The largest absolute Gasteiger partial charge is 0.413 e. The van der Waals surface area contributed by atoms with Crippen molar-refractivity contribution in [3.05, 3.63) is 39.7 Å². The van der Waals surface area contributed by atoms with Gasteiger partial charge in [-0.1, -0.05) is 0 Å². The number of alkyl halides is 2. The number of rotatable bonds is 2. The molecule has 1 heterocycles. The Kier molecular flexibility index (Phi) is 2.73. The van der Waals surface area contributed by atoms with Gasteiger partial charge >= 0.3 is 4.46 Å². The molecule has 0 amide bonds. The molecule has 0 aliphatic heterocycles. The Bertz CT molecular complexity index is 341. The summed E-state index contributed by atoms with van der Waals surface area (Å²) in [5.74, 6) is 0. The molecule has 0 radical (unpaired) electrons. The predicted octanol–water partition coefficient (Wildman–Crippen LogP) is 2.25. The molecule has 0 saturated carbocycles. The fourth-order valence-electron chi connectivity index (χ4n) is 0.794. The van der Waals surface area contributed by atoms with Gasteiger partial charge in [0.1, 0.15) is 0 Å². The maximum absolute atomic E-state index is 10.4. The van der Waals surface area contributed by atoms with Crippen LogP contribution in [0.4, 0.5) is 0 Å². The van der Waals surface area contributed by atoms with Crippen LogP contribution in [0.2, 0.25) is 0 Å². The van der Waals surface area contributed by atoms with Crippen molar-refractivity contribution in [3.63, 3.8) is 0 Å². The third-order valence-electron chi connectivity index (χ3n) is 1.45. The number of aromatic nitrogens is 1. The van der Waals surface area contributed by atoms with E-state index in [-0.39, 0.29) is 5.69 Å². The van der Waals surface area contributed by atoms with E-state index in [0.717, 1.165) is 5.56 Å². The van der Waals surface area contributed by atoms with Crippen molar-refractivity contribution in [2.75, 3.05) is 0 Å². The van der Waals surface area contributed by atoms with Gasteiger partial charge in [-0.05, 0) is 47.8 Å². The number of nitro groups is 1. The van der Waals surface area contributed by atoms with Crippen molar-refractivity contribution < 1.29 is 4.92 Å². The summed E-state index contributed by atoms with van der Waals surface area (Å²) in [6, 6.07) is 3.18. The molecule has 0 fully saturated rings. The van der Waals surface area contributed by atoms with E-state index in [1.165, 1.54) is 12.3 Å². The molecule has 0 spiro atoms. The molecule has 0 aliphatic carbocycles. The second kappa shape index (κ2) is 3.47. The second-order valence-electron chi connectivity index (χ2n) is 2.52. The Labute approximate surface area is 84.6 Å². The van der Waals surface area contributed by atoms with E-state index in [1.807, 2.05) is 0 Å². The lowest BCUT2D eigenvalue weighted by Crippen LogP contribution is -2.23. The van der Waals surface area contributed by atoms with Gasteiger partial charge in [-0.25, -0.2) is 0 Å². The van der Waals surface area contributed by atoms with Gasteiger partial charge in [0.2, 0.25) is 0 Å². The first-order valence-corrected chi connectivity index (χ1v) is 4.15. The molecule has 1 aromatic rings. The lowest BCUT2D eigenvalue weighted by atomic mass is 10.2. The topological polar surface area (TPSA) is 56.0 Å². The molecular weight excluding hydrogens is 215 g/mol. The summed E-state index contributed by atoms with van der Waals surface area (Å²) in [6.07, 6.45) is 1.42. The van der Waals surface area contributed by atoms with Crippen LogP contribution >= 0.6 is 23.2 Å². The highest BCUT2D eigenvalue weighted by atomic mass is 35.5. The van der Waals surface area contributed by atoms with E-state index in [2.05, 4.69) is 4.98 Å². The quantitative estimate of drug-likeness (QED) is 0.333. The number of aryl methyl sites for hydroxylation is 1. The molecule has 0 unspecified atom stereocenters.